The van der Waals surface area contributed by atoms with Crippen LogP contribution >= 0.6 is 0 Å². The molecule has 0 aliphatic heterocycles. The molecule has 0 aliphatic carbocycles. The van der Waals surface area contributed by atoms with Gasteiger partial charge in [-0.15, -0.1) is 0 Å². The molecule has 2 atom stereocenters. The fourth-order valence-corrected chi connectivity index (χ4v) is 4.41. The number of aliphatic hydroxyl groups is 1. The normalized spacial score (nSPS) is 13.0. The first kappa shape index (κ1) is 41.1. The van der Waals surface area contributed by atoms with Crippen LogP contribution in [0.5, 0.6) is 0 Å². The Morgan fingerprint density at radius 1 is 0.705 bits per heavy atom. The number of hydrogen-bond acceptors (Lipinski definition) is 6. The summed E-state index contributed by atoms with van der Waals surface area (Å²) in [5, 5.41) is 22.4. The number of aliphatic hydroxyl groups excluding tert-OH is 1. The Bertz CT molecular complexity index is 854. The molecule has 0 aromatic heterocycles. The van der Waals surface area contributed by atoms with Gasteiger partial charge in [0, 0.05) is 12.8 Å². The van der Waals surface area contributed by atoms with Crippen LogP contribution in [0.2, 0.25) is 0 Å². The number of hydrogen-bond donors (Lipinski definition) is 4. The van der Waals surface area contributed by atoms with Crippen molar-refractivity contribution in [3.05, 3.63) is 36.5 Å². The SMILES string of the molecule is CCC/C=C\C/C=C\C(CCCCCCC(=O)NCC(=O)NC(CO)C(=O)O)OC(=O)CCCCCCC/C=C\CCCC. The van der Waals surface area contributed by atoms with Crippen LogP contribution in [0, 0.1) is 0 Å². The minimum Gasteiger partial charge on any atom is -0.480 e. The second kappa shape index (κ2) is 30.1. The zero-order chi connectivity index (χ0) is 32.7. The van der Waals surface area contributed by atoms with E-state index in [4.69, 9.17) is 14.9 Å². The van der Waals surface area contributed by atoms with Gasteiger partial charge in [0.25, 0.3) is 0 Å². The number of esters is 1. The molecule has 9 heteroatoms. The first-order valence-electron chi connectivity index (χ1n) is 16.9. The van der Waals surface area contributed by atoms with E-state index in [9.17, 15) is 19.2 Å². The third-order valence-electron chi connectivity index (χ3n) is 7.07. The lowest BCUT2D eigenvalue weighted by Crippen LogP contribution is -2.47. The van der Waals surface area contributed by atoms with Crippen LogP contribution in [0.25, 0.3) is 0 Å². The van der Waals surface area contributed by atoms with E-state index in [-0.39, 0.29) is 30.9 Å². The number of ether oxygens (including phenoxy) is 1. The van der Waals surface area contributed by atoms with Gasteiger partial charge in [0.1, 0.15) is 12.1 Å². The molecule has 0 rings (SSSR count). The fourth-order valence-electron chi connectivity index (χ4n) is 4.41. The van der Waals surface area contributed by atoms with Gasteiger partial charge in [-0.1, -0.05) is 95.6 Å². The van der Waals surface area contributed by atoms with E-state index in [1.807, 2.05) is 6.08 Å². The van der Waals surface area contributed by atoms with Gasteiger partial charge in [0.2, 0.25) is 11.8 Å². The molecule has 2 unspecified atom stereocenters. The van der Waals surface area contributed by atoms with Crippen molar-refractivity contribution in [1.29, 1.82) is 0 Å². The number of unbranched alkanes of at least 4 members (excludes halogenated alkanes) is 11. The average molecular weight is 621 g/mol. The van der Waals surface area contributed by atoms with Gasteiger partial charge in [-0.3, -0.25) is 14.4 Å². The predicted molar refractivity (Wildman–Crippen MR) is 176 cm³/mol. The Labute approximate surface area is 266 Å². The maximum Gasteiger partial charge on any atom is 0.328 e. The Morgan fingerprint density at radius 3 is 2.02 bits per heavy atom. The van der Waals surface area contributed by atoms with Crippen LogP contribution in [-0.4, -0.2) is 59.3 Å². The molecule has 9 nitrogen and oxygen atoms in total. The monoisotopic (exact) mass is 620 g/mol. The Kier molecular flexibility index (Phi) is 28.1. The molecule has 0 saturated heterocycles. The number of carbonyl (C=O) groups is 4. The zero-order valence-electron chi connectivity index (χ0n) is 27.4. The molecule has 0 fully saturated rings. The summed E-state index contributed by atoms with van der Waals surface area (Å²) < 4.78 is 5.81. The summed E-state index contributed by atoms with van der Waals surface area (Å²) in [4.78, 5) is 47.1. The number of nitrogens with one attached hydrogen (secondary N) is 2. The number of rotatable bonds is 29. The molecule has 0 bridgehead atoms. The van der Waals surface area contributed by atoms with Gasteiger partial charge < -0.3 is 25.6 Å². The van der Waals surface area contributed by atoms with E-state index in [2.05, 4.69) is 54.9 Å². The summed E-state index contributed by atoms with van der Waals surface area (Å²) in [6.45, 7) is 3.29. The Balaban J connectivity index is 4.30. The lowest BCUT2D eigenvalue weighted by atomic mass is 10.1. The zero-order valence-corrected chi connectivity index (χ0v) is 27.4. The highest BCUT2D eigenvalue weighted by Gasteiger charge is 2.18. The number of carbonyl (C=O) groups excluding carboxylic acids is 3. The van der Waals surface area contributed by atoms with Crippen LogP contribution in [0.15, 0.2) is 36.5 Å². The second-order valence-corrected chi connectivity index (χ2v) is 11.2. The number of amides is 2. The van der Waals surface area contributed by atoms with Crippen LogP contribution in [0.1, 0.15) is 136 Å². The van der Waals surface area contributed by atoms with E-state index in [0.29, 0.717) is 12.8 Å². The van der Waals surface area contributed by atoms with E-state index >= 15 is 0 Å². The topological polar surface area (TPSA) is 142 Å². The molecule has 44 heavy (non-hydrogen) atoms. The average Bonchev–Trinajstić information content (AvgIpc) is 3.00. The summed E-state index contributed by atoms with van der Waals surface area (Å²) in [5.74, 6) is -2.45. The number of carboxylic acid groups (broad SMARTS) is 1. The highest BCUT2D eigenvalue weighted by Crippen LogP contribution is 2.14. The van der Waals surface area contributed by atoms with Crippen molar-refractivity contribution in [3.8, 4) is 0 Å². The summed E-state index contributed by atoms with van der Waals surface area (Å²) in [6.07, 6.45) is 30.6. The first-order chi connectivity index (χ1) is 21.3. The molecule has 0 saturated carbocycles. The van der Waals surface area contributed by atoms with Gasteiger partial charge in [0.05, 0.1) is 13.2 Å². The highest BCUT2D eigenvalue weighted by atomic mass is 16.5. The molecule has 0 heterocycles. The lowest BCUT2D eigenvalue weighted by Gasteiger charge is -2.15. The fraction of sp³-hybridized carbons (Fsp3) is 0.714. The maximum atomic E-state index is 12.5. The summed E-state index contributed by atoms with van der Waals surface area (Å²) in [7, 11) is 0. The standard InChI is InChI=1S/C35H60N2O7/c1-3-5-7-9-11-12-13-14-15-17-23-27-34(41)44-30(24-20-16-10-8-6-4-2)25-21-18-19-22-26-32(39)36-28-33(40)37-31(29-38)35(42)43/h8-11,20,24,30-31,38H,3-7,12-19,21-23,25-29H2,1-2H3,(H,36,39)(H,37,40)(H,42,43)/b10-8-,11-9-,24-20-. The minimum absolute atomic E-state index is 0.144. The molecule has 2 amide bonds. The number of allylic oxidation sites excluding steroid dienone is 5. The highest BCUT2D eigenvalue weighted by molar-refractivity contribution is 5.87. The lowest BCUT2D eigenvalue weighted by molar-refractivity contribution is -0.147. The van der Waals surface area contributed by atoms with E-state index in [1.54, 1.807) is 0 Å². The van der Waals surface area contributed by atoms with Gasteiger partial charge in [0.15, 0.2) is 0 Å². The van der Waals surface area contributed by atoms with Crippen molar-refractivity contribution in [2.75, 3.05) is 13.2 Å². The summed E-state index contributed by atoms with van der Waals surface area (Å²) >= 11 is 0. The van der Waals surface area contributed by atoms with E-state index < -0.39 is 24.5 Å². The quantitative estimate of drug-likeness (QED) is 0.0414. The van der Waals surface area contributed by atoms with E-state index in [1.165, 1.54) is 32.1 Å². The largest absolute Gasteiger partial charge is 0.480 e. The third-order valence-corrected chi connectivity index (χ3v) is 7.07. The van der Waals surface area contributed by atoms with Gasteiger partial charge in [-0.2, -0.15) is 0 Å². The maximum absolute atomic E-state index is 12.5. The van der Waals surface area contributed by atoms with Crippen molar-refractivity contribution >= 4 is 23.8 Å². The van der Waals surface area contributed by atoms with Gasteiger partial charge >= 0.3 is 11.9 Å². The van der Waals surface area contributed by atoms with Crippen molar-refractivity contribution in [2.24, 2.45) is 0 Å². The molecule has 252 valence electrons. The van der Waals surface area contributed by atoms with Gasteiger partial charge in [-0.25, -0.2) is 4.79 Å². The third kappa shape index (κ3) is 26.7. The van der Waals surface area contributed by atoms with Crippen LogP contribution in [0.4, 0.5) is 0 Å². The molecule has 4 N–H and O–H groups in total. The smallest absolute Gasteiger partial charge is 0.328 e. The summed E-state index contributed by atoms with van der Waals surface area (Å²) in [6, 6.07) is -1.39. The van der Waals surface area contributed by atoms with Crippen LogP contribution < -0.4 is 10.6 Å². The second-order valence-electron chi connectivity index (χ2n) is 11.2. The molecule has 0 aliphatic rings. The summed E-state index contributed by atoms with van der Waals surface area (Å²) in [5.41, 5.74) is 0. The van der Waals surface area contributed by atoms with Crippen LogP contribution in [0.3, 0.4) is 0 Å². The minimum atomic E-state index is -1.39. The predicted octanol–water partition coefficient (Wildman–Crippen LogP) is 6.70. The molecular weight excluding hydrogens is 560 g/mol. The van der Waals surface area contributed by atoms with Crippen molar-refractivity contribution < 1.29 is 34.1 Å². The number of carboxylic acids is 1. The van der Waals surface area contributed by atoms with Crippen molar-refractivity contribution in [3.63, 3.8) is 0 Å². The van der Waals surface area contributed by atoms with E-state index in [0.717, 1.165) is 70.6 Å². The molecular formula is C35H60N2O7. The van der Waals surface area contributed by atoms with Gasteiger partial charge in [-0.05, 0) is 63.9 Å². The van der Waals surface area contributed by atoms with Crippen molar-refractivity contribution in [1.82, 2.24) is 10.6 Å². The Hall–Kier alpha value is -2.94. The molecule has 0 spiro atoms. The molecule has 0 radical (unpaired) electrons. The molecule has 0 aromatic rings. The molecule has 0 aromatic carbocycles. The Morgan fingerprint density at radius 2 is 1.34 bits per heavy atom. The van der Waals surface area contributed by atoms with Crippen molar-refractivity contribution in [2.45, 2.75) is 148 Å². The van der Waals surface area contributed by atoms with Crippen LogP contribution in [-0.2, 0) is 23.9 Å². The first-order valence-corrected chi connectivity index (χ1v) is 16.9. The number of aliphatic carboxylic acids is 1.